The Morgan fingerprint density at radius 2 is 1.56 bits per heavy atom. The van der Waals surface area contributed by atoms with E-state index in [1.807, 2.05) is 13.8 Å². The quantitative estimate of drug-likeness (QED) is 0.678. The number of benzene rings is 2. The molecule has 0 fully saturated rings. The predicted octanol–water partition coefficient (Wildman–Crippen LogP) is 2.84. The van der Waals surface area contributed by atoms with E-state index in [-0.39, 0.29) is 17.4 Å². The molecule has 27 heavy (non-hydrogen) atoms. The third-order valence-corrected chi connectivity index (χ3v) is 3.90. The van der Waals surface area contributed by atoms with Gasteiger partial charge in [-0.2, -0.15) is 0 Å². The molecule has 0 aromatic heterocycles. The first-order valence-corrected chi connectivity index (χ1v) is 8.56. The van der Waals surface area contributed by atoms with E-state index in [9.17, 15) is 19.5 Å². The molecule has 0 saturated heterocycles. The van der Waals surface area contributed by atoms with E-state index in [0.29, 0.717) is 0 Å². The molecule has 0 radical (unpaired) electrons. The van der Waals surface area contributed by atoms with Crippen molar-refractivity contribution in [3.05, 3.63) is 54.1 Å². The normalized spacial score (nSPS) is 11.3. The third kappa shape index (κ3) is 6.14. The van der Waals surface area contributed by atoms with Crippen LogP contribution in [0.1, 0.15) is 30.6 Å². The zero-order valence-electron chi connectivity index (χ0n) is 15.2. The van der Waals surface area contributed by atoms with Gasteiger partial charge in [0, 0.05) is 6.04 Å². The van der Waals surface area contributed by atoms with Crippen molar-refractivity contribution in [1.82, 2.24) is 10.6 Å². The summed E-state index contributed by atoms with van der Waals surface area (Å²) in [6, 6.07) is 12.6. The molecule has 0 unspecified atom stereocenters. The Kier molecular flexibility index (Phi) is 6.93. The topological polar surface area (TPSA) is 105 Å². The first-order valence-electron chi connectivity index (χ1n) is 8.56. The molecule has 1 atom stereocenters. The average Bonchev–Trinajstić information content (AvgIpc) is 2.66. The number of carbonyl (C=O) groups excluding carboxylic acids is 3. The summed E-state index contributed by atoms with van der Waals surface area (Å²) in [7, 11) is 0. The molecule has 0 aliphatic heterocycles. The lowest BCUT2D eigenvalue weighted by molar-refractivity contribution is -0.123. The van der Waals surface area contributed by atoms with E-state index in [0.717, 1.165) is 17.5 Å². The highest BCUT2D eigenvalue weighted by atomic mass is 16.5. The van der Waals surface area contributed by atoms with E-state index in [1.165, 1.54) is 0 Å². The number of phenols is 1. The molecule has 3 N–H and O–H groups in total. The van der Waals surface area contributed by atoms with Gasteiger partial charge < -0.3 is 15.2 Å². The molecule has 0 heterocycles. The van der Waals surface area contributed by atoms with Crippen LogP contribution in [-0.4, -0.2) is 35.7 Å². The Morgan fingerprint density at radius 1 is 1.00 bits per heavy atom. The number of esters is 1. The van der Waals surface area contributed by atoms with Gasteiger partial charge in [-0.25, -0.2) is 9.59 Å². The van der Waals surface area contributed by atoms with E-state index in [4.69, 9.17) is 4.74 Å². The Labute approximate surface area is 157 Å². The Balaban J connectivity index is 1.86. The van der Waals surface area contributed by atoms with Crippen molar-refractivity contribution in [3.8, 4) is 16.9 Å². The van der Waals surface area contributed by atoms with Gasteiger partial charge in [0.2, 0.25) is 0 Å². The van der Waals surface area contributed by atoms with Crippen molar-refractivity contribution in [3.63, 3.8) is 0 Å². The number of urea groups is 1. The Hall–Kier alpha value is -3.35. The number of nitrogens with one attached hydrogen (secondary N) is 2. The maximum absolute atomic E-state index is 12.0. The van der Waals surface area contributed by atoms with Crippen LogP contribution in [0, 0.1) is 0 Å². The van der Waals surface area contributed by atoms with Crippen molar-refractivity contribution in [2.24, 2.45) is 0 Å². The van der Waals surface area contributed by atoms with Crippen LogP contribution in [-0.2, 0) is 9.53 Å². The standard InChI is InChI=1S/C20H22N2O5/c1-3-13(2)21-20(26)22-18(24)12-27-19(25)16-6-4-14(5-7-16)15-8-10-17(23)11-9-15/h4-11,13,23H,3,12H2,1-2H3,(H2,21,22,24,26)/t13-/m0/s1. The van der Waals surface area contributed by atoms with Gasteiger partial charge in [0.05, 0.1) is 5.56 Å². The van der Waals surface area contributed by atoms with Gasteiger partial charge in [-0.05, 0) is 48.7 Å². The lowest BCUT2D eigenvalue weighted by atomic mass is 10.0. The van der Waals surface area contributed by atoms with Crippen molar-refractivity contribution in [1.29, 1.82) is 0 Å². The highest BCUT2D eigenvalue weighted by molar-refractivity contribution is 5.97. The SMILES string of the molecule is CC[C@H](C)NC(=O)NC(=O)COC(=O)c1ccc(-c2ccc(O)cc2)cc1. The number of hydrogen-bond acceptors (Lipinski definition) is 5. The number of amides is 3. The second-order valence-corrected chi connectivity index (χ2v) is 6.03. The van der Waals surface area contributed by atoms with Gasteiger partial charge in [-0.1, -0.05) is 31.2 Å². The molecule has 7 nitrogen and oxygen atoms in total. The minimum absolute atomic E-state index is 0.0625. The van der Waals surface area contributed by atoms with Crippen LogP contribution in [0.25, 0.3) is 11.1 Å². The zero-order valence-corrected chi connectivity index (χ0v) is 15.2. The third-order valence-electron chi connectivity index (χ3n) is 3.90. The molecule has 7 heteroatoms. The molecule has 0 aliphatic carbocycles. The molecule has 142 valence electrons. The molecule has 3 amide bonds. The first kappa shape index (κ1) is 20.0. The summed E-state index contributed by atoms with van der Waals surface area (Å²) in [4.78, 5) is 35.2. The highest BCUT2D eigenvalue weighted by Crippen LogP contribution is 2.22. The van der Waals surface area contributed by atoms with E-state index < -0.39 is 24.5 Å². The van der Waals surface area contributed by atoms with Crippen molar-refractivity contribution in [2.75, 3.05) is 6.61 Å². The number of phenolic OH excluding ortho intramolecular Hbond substituents is 1. The monoisotopic (exact) mass is 370 g/mol. The largest absolute Gasteiger partial charge is 0.508 e. The molecule has 2 rings (SSSR count). The van der Waals surface area contributed by atoms with Crippen molar-refractivity contribution in [2.45, 2.75) is 26.3 Å². The van der Waals surface area contributed by atoms with Crippen LogP contribution < -0.4 is 10.6 Å². The lowest BCUT2D eigenvalue weighted by Gasteiger charge is -2.11. The fourth-order valence-corrected chi connectivity index (χ4v) is 2.19. The number of carbonyl (C=O) groups is 3. The molecular formula is C20H22N2O5. The fourth-order valence-electron chi connectivity index (χ4n) is 2.19. The zero-order chi connectivity index (χ0) is 19.8. The minimum atomic E-state index is -0.704. The van der Waals surface area contributed by atoms with Crippen LogP contribution >= 0.6 is 0 Å². The summed E-state index contributed by atoms with van der Waals surface area (Å²) >= 11 is 0. The maximum Gasteiger partial charge on any atom is 0.338 e. The number of rotatable bonds is 6. The van der Waals surface area contributed by atoms with Gasteiger partial charge >= 0.3 is 12.0 Å². The molecule has 0 aliphatic rings. The summed E-state index contributed by atoms with van der Waals surface area (Å²) in [5, 5.41) is 14.0. The van der Waals surface area contributed by atoms with Crippen LogP contribution in [0.2, 0.25) is 0 Å². The summed E-state index contributed by atoms with van der Waals surface area (Å²) in [6.07, 6.45) is 0.733. The summed E-state index contributed by atoms with van der Waals surface area (Å²) < 4.78 is 4.92. The van der Waals surface area contributed by atoms with Crippen LogP contribution in [0.4, 0.5) is 4.79 Å². The molecule has 0 saturated carbocycles. The van der Waals surface area contributed by atoms with Crippen LogP contribution in [0.3, 0.4) is 0 Å². The molecule has 2 aromatic carbocycles. The Morgan fingerprint density at radius 3 is 2.11 bits per heavy atom. The number of hydrogen-bond donors (Lipinski definition) is 3. The van der Waals surface area contributed by atoms with Crippen molar-refractivity contribution >= 4 is 17.9 Å². The van der Waals surface area contributed by atoms with E-state index >= 15 is 0 Å². The summed E-state index contributed by atoms with van der Waals surface area (Å²) in [5.41, 5.74) is 2.04. The van der Waals surface area contributed by atoms with Gasteiger partial charge in [-0.15, -0.1) is 0 Å². The van der Waals surface area contributed by atoms with Crippen LogP contribution in [0.5, 0.6) is 5.75 Å². The minimum Gasteiger partial charge on any atom is -0.508 e. The summed E-state index contributed by atoms with van der Waals surface area (Å²) in [5.74, 6) is -1.19. The average molecular weight is 370 g/mol. The summed E-state index contributed by atoms with van der Waals surface area (Å²) in [6.45, 7) is 3.17. The highest BCUT2D eigenvalue weighted by Gasteiger charge is 2.13. The maximum atomic E-state index is 12.0. The second kappa shape index (κ2) is 9.38. The Bertz CT molecular complexity index is 800. The fraction of sp³-hybridized carbons (Fsp3) is 0.250. The van der Waals surface area contributed by atoms with Crippen molar-refractivity contribution < 1.29 is 24.2 Å². The van der Waals surface area contributed by atoms with E-state index in [2.05, 4.69) is 10.6 Å². The first-order chi connectivity index (χ1) is 12.9. The van der Waals surface area contributed by atoms with Gasteiger partial charge in [0.25, 0.3) is 5.91 Å². The number of ether oxygens (including phenoxy) is 1. The molecule has 2 aromatic rings. The number of imide groups is 1. The smallest absolute Gasteiger partial charge is 0.338 e. The van der Waals surface area contributed by atoms with Gasteiger partial charge in [0.1, 0.15) is 5.75 Å². The van der Waals surface area contributed by atoms with E-state index in [1.54, 1.807) is 48.5 Å². The van der Waals surface area contributed by atoms with Crippen LogP contribution in [0.15, 0.2) is 48.5 Å². The van der Waals surface area contributed by atoms with Gasteiger partial charge in [0.15, 0.2) is 6.61 Å². The molecule has 0 spiro atoms. The molecular weight excluding hydrogens is 348 g/mol. The predicted molar refractivity (Wildman–Crippen MR) is 100 cm³/mol. The second-order valence-electron chi connectivity index (χ2n) is 6.03. The lowest BCUT2D eigenvalue weighted by Crippen LogP contribution is -2.44. The van der Waals surface area contributed by atoms with Gasteiger partial charge in [-0.3, -0.25) is 10.1 Å². The number of aromatic hydroxyl groups is 1. The molecule has 0 bridgehead atoms.